The zero-order valence-electron chi connectivity index (χ0n) is 11.7. The molecule has 0 bridgehead atoms. The van der Waals surface area contributed by atoms with Crippen molar-refractivity contribution in [3.63, 3.8) is 0 Å². The van der Waals surface area contributed by atoms with Crippen LogP contribution in [-0.4, -0.2) is 41.2 Å². The van der Waals surface area contributed by atoms with Crippen molar-refractivity contribution in [3.05, 3.63) is 29.3 Å². The molecule has 1 atom stereocenters. The molecule has 0 aliphatic carbocycles. The van der Waals surface area contributed by atoms with E-state index in [-0.39, 0.29) is 12.5 Å². The van der Waals surface area contributed by atoms with Crippen molar-refractivity contribution >= 4 is 17.5 Å². The fourth-order valence-electron chi connectivity index (χ4n) is 1.46. The van der Waals surface area contributed by atoms with Gasteiger partial charge in [0.1, 0.15) is 5.75 Å². The van der Waals surface area contributed by atoms with E-state index in [1.807, 2.05) is 0 Å². The Morgan fingerprint density at radius 1 is 1.47 bits per heavy atom. The van der Waals surface area contributed by atoms with Crippen molar-refractivity contribution in [2.45, 2.75) is 32.4 Å². The maximum Gasteiger partial charge on any atom is 0.263 e. The van der Waals surface area contributed by atoms with Gasteiger partial charge in [-0.05, 0) is 32.9 Å². The van der Waals surface area contributed by atoms with Crippen LogP contribution in [0.3, 0.4) is 0 Å². The molecule has 0 heterocycles. The summed E-state index contributed by atoms with van der Waals surface area (Å²) < 4.78 is 5.56. The number of aliphatic hydroxyl groups is 1. The first-order chi connectivity index (χ1) is 8.79. The van der Waals surface area contributed by atoms with Gasteiger partial charge in [-0.15, -0.1) is 0 Å². The van der Waals surface area contributed by atoms with Gasteiger partial charge < -0.3 is 14.7 Å². The second-order valence-electron chi connectivity index (χ2n) is 5.06. The van der Waals surface area contributed by atoms with Gasteiger partial charge in [0.2, 0.25) is 0 Å². The number of para-hydroxylation sites is 1. The average Bonchev–Trinajstić information content (AvgIpc) is 2.39. The Morgan fingerprint density at radius 3 is 2.58 bits per heavy atom. The topological polar surface area (TPSA) is 49.8 Å². The molecule has 0 spiro atoms. The lowest BCUT2D eigenvalue weighted by Gasteiger charge is -2.35. The largest absolute Gasteiger partial charge is 0.479 e. The minimum absolute atomic E-state index is 0.117. The molecule has 0 aliphatic heterocycles. The molecule has 19 heavy (non-hydrogen) atoms. The molecular formula is C14H20ClNO3. The van der Waals surface area contributed by atoms with E-state index in [2.05, 4.69) is 0 Å². The fraction of sp³-hybridized carbons (Fsp3) is 0.500. The van der Waals surface area contributed by atoms with Gasteiger partial charge >= 0.3 is 0 Å². The van der Waals surface area contributed by atoms with Crippen molar-refractivity contribution in [2.75, 3.05) is 13.7 Å². The molecule has 0 saturated carbocycles. The second-order valence-corrected chi connectivity index (χ2v) is 5.47. The van der Waals surface area contributed by atoms with Crippen LogP contribution in [0.5, 0.6) is 5.75 Å². The van der Waals surface area contributed by atoms with E-state index in [1.165, 1.54) is 4.90 Å². The summed E-state index contributed by atoms with van der Waals surface area (Å²) in [5.74, 6) is 0.263. The summed E-state index contributed by atoms with van der Waals surface area (Å²) in [5, 5.41) is 9.74. The zero-order valence-corrected chi connectivity index (χ0v) is 12.4. The number of nitrogens with zero attached hydrogens (tertiary/aromatic N) is 1. The summed E-state index contributed by atoms with van der Waals surface area (Å²) >= 11 is 5.98. The highest BCUT2D eigenvalue weighted by Gasteiger charge is 2.30. The maximum absolute atomic E-state index is 12.2. The van der Waals surface area contributed by atoms with Gasteiger partial charge in [-0.25, -0.2) is 0 Å². The average molecular weight is 286 g/mol. The number of likely N-dealkylation sites (N-methyl/N-ethyl adjacent to an activating group) is 1. The molecular weight excluding hydrogens is 266 g/mol. The van der Waals surface area contributed by atoms with Crippen LogP contribution in [0, 0.1) is 0 Å². The van der Waals surface area contributed by atoms with Crippen LogP contribution in [0.2, 0.25) is 5.02 Å². The first-order valence-electron chi connectivity index (χ1n) is 6.09. The molecule has 0 aliphatic rings. The Morgan fingerprint density at radius 2 is 2.05 bits per heavy atom. The standard InChI is InChI=1S/C14H20ClNO3/c1-10(13(18)16(4)14(2,3)9-17)19-12-8-6-5-7-11(12)15/h5-8,10,17H,9H2,1-4H3. The van der Waals surface area contributed by atoms with E-state index in [1.54, 1.807) is 52.1 Å². The summed E-state index contributed by atoms with van der Waals surface area (Å²) in [6, 6.07) is 7.00. The number of carbonyl (C=O) groups excluding carboxylic acids is 1. The quantitative estimate of drug-likeness (QED) is 0.903. The van der Waals surface area contributed by atoms with Gasteiger partial charge in [-0.2, -0.15) is 0 Å². The Bertz CT molecular complexity index is 448. The number of halogens is 1. The van der Waals surface area contributed by atoms with Crippen LogP contribution in [0.1, 0.15) is 20.8 Å². The van der Waals surface area contributed by atoms with Crippen molar-refractivity contribution in [1.82, 2.24) is 4.90 Å². The molecule has 1 unspecified atom stereocenters. The Hall–Kier alpha value is -1.26. The number of benzene rings is 1. The first-order valence-corrected chi connectivity index (χ1v) is 6.47. The Labute approximate surface area is 118 Å². The number of hydrogen-bond donors (Lipinski definition) is 1. The summed E-state index contributed by atoms with van der Waals surface area (Å²) in [7, 11) is 1.64. The van der Waals surface area contributed by atoms with Crippen LogP contribution < -0.4 is 4.74 Å². The van der Waals surface area contributed by atoms with Crippen molar-refractivity contribution < 1.29 is 14.6 Å². The maximum atomic E-state index is 12.2. The van der Waals surface area contributed by atoms with E-state index < -0.39 is 11.6 Å². The van der Waals surface area contributed by atoms with Crippen LogP contribution in [0.4, 0.5) is 0 Å². The summed E-state index contributed by atoms with van der Waals surface area (Å²) in [6.07, 6.45) is -0.671. The van der Waals surface area contributed by atoms with Gasteiger partial charge in [0.25, 0.3) is 5.91 Å². The molecule has 4 nitrogen and oxygen atoms in total. The molecule has 1 N–H and O–H groups in total. The predicted octanol–water partition coefficient (Wildman–Crippen LogP) is 2.34. The number of rotatable bonds is 5. The summed E-state index contributed by atoms with van der Waals surface area (Å²) in [4.78, 5) is 13.7. The Balaban J connectivity index is 2.76. The lowest BCUT2D eigenvalue weighted by Crippen LogP contribution is -2.51. The van der Waals surface area contributed by atoms with Gasteiger partial charge in [-0.3, -0.25) is 4.79 Å². The minimum Gasteiger partial charge on any atom is -0.479 e. The molecule has 1 amide bonds. The molecule has 1 aromatic rings. The number of hydrogen-bond acceptors (Lipinski definition) is 3. The highest BCUT2D eigenvalue weighted by molar-refractivity contribution is 6.32. The van der Waals surface area contributed by atoms with Gasteiger partial charge in [0, 0.05) is 7.05 Å². The van der Waals surface area contributed by atoms with Crippen LogP contribution in [0.15, 0.2) is 24.3 Å². The van der Waals surface area contributed by atoms with E-state index in [0.717, 1.165) is 0 Å². The van der Waals surface area contributed by atoms with Crippen LogP contribution in [0.25, 0.3) is 0 Å². The van der Waals surface area contributed by atoms with Crippen molar-refractivity contribution in [2.24, 2.45) is 0 Å². The number of carbonyl (C=O) groups is 1. The van der Waals surface area contributed by atoms with E-state index >= 15 is 0 Å². The molecule has 5 heteroatoms. The SMILES string of the molecule is CC(Oc1ccccc1Cl)C(=O)N(C)C(C)(C)CO. The first kappa shape index (κ1) is 15.8. The van der Waals surface area contributed by atoms with E-state index in [4.69, 9.17) is 16.3 Å². The third-order valence-corrected chi connectivity index (χ3v) is 3.43. The monoisotopic (exact) mass is 285 g/mol. The molecule has 0 aromatic heterocycles. The molecule has 106 valence electrons. The normalized spacial score (nSPS) is 12.9. The van der Waals surface area contributed by atoms with E-state index in [0.29, 0.717) is 10.8 Å². The van der Waals surface area contributed by atoms with Gasteiger partial charge in [0.15, 0.2) is 6.10 Å². The smallest absolute Gasteiger partial charge is 0.263 e. The molecule has 1 aromatic carbocycles. The third-order valence-electron chi connectivity index (χ3n) is 3.11. The number of amides is 1. The third kappa shape index (κ3) is 3.85. The summed E-state index contributed by atoms with van der Waals surface area (Å²) in [6.45, 7) is 5.11. The van der Waals surface area contributed by atoms with Gasteiger partial charge in [-0.1, -0.05) is 23.7 Å². The number of ether oxygens (including phenoxy) is 1. The number of aliphatic hydroxyl groups excluding tert-OH is 1. The van der Waals surface area contributed by atoms with Crippen molar-refractivity contribution in [1.29, 1.82) is 0 Å². The fourth-order valence-corrected chi connectivity index (χ4v) is 1.64. The molecule has 0 fully saturated rings. The van der Waals surface area contributed by atoms with Gasteiger partial charge in [0.05, 0.1) is 17.2 Å². The lowest BCUT2D eigenvalue weighted by atomic mass is 10.0. The Kier molecular flexibility index (Phi) is 5.20. The molecule has 0 saturated heterocycles. The second kappa shape index (κ2) is 6.26. The predicted molar refractivity (Wildman–Crippen MR) is 75.5 cm³/mol. The minimum atomic E-state index is -0.671. The highest BCUT2D eigenvalue weighted by atomic mass is 35.5. The van der Waals surface area contributed by atoms with Crippen molar-refractivity contribution in [3.8, 4) is 5.75 Å². The lowest BCUT2D eigenvalue weighted by molar-refractivity contribution is -0.142. The highest BCUT2D eigenvalue weighted by Crippen LogP contribution is 2.25. The molecule has 0 radical (unpaired) electrons. The molecule has 1 rings (SSSR count). The van der Waals surface area contributed by atoms with E-state index in [9.17, 15) is 9.90 Å². The van der Waals surface area contributed by atoms with Crippen LogP contribution in [-0.2, 0) is 4.79 Å². The van der Waals surface area contributed by atoms with Crippen LogP contribution >= 0.6 is 11.6 Å². The zero-order chi connectivity index (χ0) is 14.6. The summed E-state index contributed by atoms with van der Waals surface area (Å²) in [5.41, 5.74) is -0.630.